The minimum atomic E-state index is -0.151. The van der Waals surface area contributed by atoms with Crippen molar-refractivity contribution in [3.63, 3.8) is 0 Å². The summed E-state index contributed by atoms with van der Waals surface area (Å²) in [5, 5.41) is 27.5. The van der Waals surface area contributed by atoms with Gasteiger partial charge in [0.15, 0.2) is 0 Å². The first-order valence-corrected chi connectivity index (χ1v) is 11.4. The Hall–Kier alpha value is -2.12. The van der Waals surface area contributed by atoms with E-state index in [-0.39, 0.29) is 49.2 Å². The number of ether oxygens (including phenoxy) is 2. The van der Waals surface area contributed by atoms with E-state index in [0.717, 1.165) is 22.6 Å². The first-order valence-electron chi connectivity index (χ1n) is 11.4. The van der Waals surface area contributed by atoms with E-state index in [4.69, 9.17) is 9.47 Å². The highest BCUT2D eigenvalue weighted by atomic mass is 16.5. The van der Waals surface area contributed by atoms with Crippen LogP contribution in [0.5, 0.6) is 11.5 Å². The van der Waals surface area contributed by atoms with E-state index >= 15 is 0 Å². The van der Waals surface area contributed by atoms with Crippen molar-refractivity contribution in [2.24, 2.45) is 11.8 Å². The highest BCUT2D eigenvalue weighted by Gasteiger charge is 2.30. The molecule has 4 atom stereocenters. The summed E-state index contributed by atoms with van der Waals surface area (Å²) >= 11 is 0. The molecule has 2 aromatic rings. The number of aliphatic hydroxyl groups excluding tert-OH is 2. The number of methoxy groups -OCH3 is 2. The Balaban J connectivity index is 2.55. The molecule has 0 fully saturated rings. The molecule has 0 bridgehead atoms. The van der Waals surface area contributed by atoms with Crippen molar-refractivity contribution >= 4 is 0 Å². The fraction of sp³-hybridized carbons (Fsp3) is 0.538. The largest absolute Gasteiger partial charge is 0.497 e. The molecular formula is C26H40N2O4. The lowest BCUT2D eigenvalue weighted by Crippen LogP contribution is -2.48. The molecule has 0 unspecified atom stereocenters. The summed E-state index contributed by atoms with van der Waals surface area (Å²) in [5.74, 6) is 2.07. The summed E-state index contributed by atoms with van der Waals surface area (Å²) in [5.41, 5.74) is 2.14. The standard InChI is InChI=1S/C26H40N2O4/c1-17(2)23(15-29)27-25(19-7-11-21(31-5)12-8-19)26(28-24(16-30)18(3)4)20-9-13-22(32-6)14-10-20/h7-14,17-18,23-30H,15-16H2,1-6H3/t23-,24-,25-,26-/m1/s1. The van der Waals surface area contributed by atoms with Gasteiger partial charge in [-0.05, 0) is 47.2 Å². The third-order valence-corrected chi connectivity index (χ3v) is 6.07. The maximum Gasteiger partial charge on any atom is 0.118 e. The van der Waals surface area contributed by atoms with E-state index in [1.54, 1.807) is 14.2 Å². The van der Waals surface area contributed by atoms with Crippen LogP contribution in [-0.2, 0) is 0 Å². The number of benzene rings is 2. The van der Waals surface area contributed by atoms with Crippen LogP contribution >= 0.6 is 0 Å². The predicted molar refractivity (Wildman–Crippen MR) is 129 cm³/mol. The molecule has 0 aliphatic carbocycles. The van der Waals surface area contributed by atoms with E-state index in [0.29, 0.717) is 0 Å². The van der Waals surface area contributed by atoms with Crippen LogP contribution in [0.3, 0.4) is 0 Å². The Morgan fingerprint density at radius 1 is 0.625 bits per heavy atom. The summed E-state index contributed by atoms with van der Waals surface area (Å²) in [4.78, 5) is 0. The minimum absolute atomic E-state index is 0.0350. The van der Waals surface area contributed by atoms with Crippen molar-refractivity contribution in [3.8, 4) is 11.5 Å². The molecule has 0 amide bonds. The zero-order chi connectivity index (χ0) is 23.7. The average molecular weight is 445 g/mol. The van der Waals surface area contributed by atoms with Crippen LogP contribution in [0.4, 0.5) is 0 Å². The molecule has 0 aromatic heterocycles. The normalized spacial score (nSPS) is 15.4. The van der Waals surface area contributed by atoms with Gasteiger partial charge in [-0.25, -0.2) is 0 Å². The fourth-order valence-electron chi connectivity index (χ4n) is 3.77. The van der Waals surface area contributed by atoms with Crippen molar-refractivity contribution in [2.45, 2.75) is 51.9 Å². The molecule has 0 aliphatic heterocycles. The molecule has 0 saturated carbocycles. The van der Waals surface area contributed by atoms with Gasteiger partial charge in [0.1, 0.15) is 11.5 Å². The number of hydrogen-bond donors (Lipinski definition) is 4. The number of hydrogen-bond acceptors (Lipinski definition) is 6. The van der Waals surface area contributed by atoms with Crippen molar-refractivity contribution in [3.05, 3.63) is 59.7 Å². The molecule has 0 aliphatic rings. The van der Waals surface area contributed by atoms with Crippen LogP contribution in [0.2, 0.25) is 0 Å². The smallest absolute Gasteiger partial charge is 0.118 e. The van der Waals surface area contributed by atoms with E-state index in [1.807, 2.05) is 48.5 Å². The third-order valence-electron chi connectivity index (χ3n) is 6.07. The second-order valence-electron chi connectivity index (χ2n) is 8.90. The first kappa shape index (κ1) is 26.1. The summed E-state index contributed by atoms with van der Waals surface area (Å²) in [6.07, 6.45) is 0. The Morgan fingerprint density at radius 3 is 1.16 bits per heavy atom. The van der Waals surface area contributed by atoms with Gasteiger partial charge in [-0.1, -0.05) is 52.0 Å². The molecule has 0 spiro atoms. The Morgan fingerprint density at radius 2 is 0.938 bits per heavy atom. The van der Waals surface area contributed by atoms with Crippen LogP contribution in [0.15, 0.2) is 48.5 Å². The minimum Gasteiger partial charge on any atom is -0.497 e. The highest BCUT2D eigenvalue weighted by Crippen LogP contribution is 2.33. The lowest BCUT2D eigenvalue weighted by atomic mass is 9.89. The zero-order valence-corrected chi connectivity index (χ0v) is 20.2. The average Bonchev–Trinajstić information content (AvgIpc) is 2.81. The molecule has 0 heterocycles. The Kier molecular flexibility index (Phi) is 10.5. The van der Waals surface area contributed by atoms with Crippen LogP contribution in [0.1, 0.15) is 50.9 Å². The van der Waals surface area contributed by atoms with Crippen LogP contribution in [0.25, 0.3) is 0 Å². The lowest BCUT2D eigenvalue weighted by molar-refractivity contribution is 0.165. The zero-order valence-electron chi connectivity index (χ0n) is 20.2. The second kappa shape index (κ2) is 12.8. The van der Waals surface area contributed by atoms with Crippen LogP contribution < -0.4 is 20.1 Å². The molecule has 2 aromatic carbocycles. The lowest BCUT2D eigenvalue weighted by Gasteiger charge is -2.37. The van der Waals surface area contributed by atoms with E-state index in [2.05, 4.69) is 38.3 Å². The second-order valence-corrected chi connectivity index (χ2v) is 8.90. The van der Waals surface area contributed by atoms with Gasteiger partial charge in [-0.15, -0.1) is 0 Å². The van der Waals surface area contributed by atoms with E-state index < -0.39 is 0 Å². The molecule has 6 nitrogen and oxygen atoms in total. The SMILES string of the molecule is COc1ccc([C@@H](N[C@H](CO)C(C)C)[C@H](N[C@H](CO)C(C)C)c2ccc(OC)cc2)cc1. The van der Waals surface area contributed by atoms with Crippen LogP contribution in [0, 0.1) is 11.8 Å². The van der Waals surface area contributed by atoms with Gasteiger partial charge < -0.3 is 30.3 Å². The van der Waals surface area contributed by atoms with Gasteiger partial charge in [0.25, 0.3) is 0 Å². The fourth-order valence-corrected chi connectivity index (χ4v) is 3.77. The van der Waals surface area contributed by atoms with E-state index in [1.165, 1.54) is 0 Å². The van der Waals surface area contributed by atoms with Crippen molar-refractivity contribution in [2.75, 3.05) is 27.4 Å². The Bertz CT molecular complexity index is 710. The van der Waals surface area contributed by atoms with Crippen LogP contribution in [-0.4, -0.2) is 49.7 Å². The number of rotatable bonds is 13. The number of aliphatic hydroxyl groups is 2. The van der Waals surface area contributed by atoms with Crippen molar-refractivity contribution in [1.29, 1.82) is 0 Å². The third kappa shape index (κ3) is 6.94. The predicted octanol–water partition coefficient (Wildman–Crippen LogP) is 3.70. The molecular weight excluding hydrogens is 404 g/mol. The molecule has 4 N–H and O–H groups in total. The molecule has 32 heavy (non-hydrogen) atoms. The highest BCUT2D eigenvalue weighted by molar-refractivity contribution is 5.35. The Labute approximate surface area is 193 Å². The molecule has 6 heteroatoms. The van der Waals surface area contributed by atoms with Gasteiger partial charge in [0.05, 0.1) is 39.5 Å². The van der Waals surface area contributed by atoms with Crippen molar-refractivity contribution in [1.82, 2.24) is 10.6 Å². The van der Waals surface area contributed by atoms with Gasteiger partial charge in [0, 0.05) is 12.1 Å². The summed E-state index contributed by atoms with van der Waals surface area (Å²) in [6.45, 7) is 8.46. The van der Waals surface area contributed by atoms with E-state index in [9.17, 15) is 10.2 Å². The summed E-state index contributed by atoms with van der Waals surface area (Å²) in [7, 11) is 3.31. The van der Waals surface area contributed by atoms with Gasteiger partial charge in [-0.3, -0.25) is 0 Å². The molecule has 0 saturated heterocycles. The molecule has 2 rings (SSSR count). The number of nitrogens with one attached hydrogen (secondary N) is 2. The maximum absolute atomic E-state index is 10.1. The monoisotopic (exact) mass is 444 g/mol. The maximum atomic E-state index is 10.1. The topological polar surface area (TPSA) is 83.0 Å². The molecule has 178 valence electrons. The quantitative estimate of drug-likeness (QED) is 0.377. The molecule has 0 radical (unpaired) electrons. The van der Waals surface area contributed by atoms with Gasteiger partial charge in [-0.2, -0.15) is 0 Å². The van der Waals surface area contributed by atoms with Crippen molar-refractivity contribution < 1.29 is 19.7 Å². The van der Waals surface area contributed by atoms with Gasteiger partial charge >= 0.3 is 0 Å². The summed E-state index contributed by atoms with van der Waals surface area (Å²) < 4.78 is 10.7. The van der Waals surface area contributed by atoms with Gasteiger partial charge in [0.2, 0.25) is 0 Å². The first-order chi connectivity index (χ1) is 15.3. The summed E-state index contributed by atoms with van der Waals surface area (Å²) in [6, 6.07) is 15.5.